The number of halogens is 1. The van der Waals surface area contributed by atoms with Crippen LogP contribution in [-0.2, 0) is 6.42 Å². The van der Waals surface area contributed by atoms with Gasteiger partial charge in [0.2, 0.25) is 0 Å². The normalized spacial score (nSPS) is 10.4. The van der Waals surface area contributed by atoms with E-state index in [0.29, 0.717) is 9.35 Å². The number of carbonyl (C=O) groups excluding carboxylic acids is 1. The Bertz CT molecular complexity index is 709. The first-order valence-electron chi connectivity index (χ1n) is 6.36. The van der Waals surface area contributed by atoms with Gasteiger partial charge in [0.05, 0.1) is 16.1 Å². The van der Waals surface area contributed by atoms with Gasteiger partial charge in [-0.15, -0.1) is 11.3 Å². The molecule has 1 heterocycles. The minimum atomic E-state index is -1.08. The summed E-state index contributed by atoms with van der Waals surface area (Å²) in [5.74, 6) is -1.37. The van der Waals surface area contributed by atoms with Crippen LogP contribution in [0.3, 0.4) is 0 Å². The number of carbonyl (C=O) groups is 2. The molecule has 0 atom stereocenters. The molecule has 0 saturated carbocycles. The maximum Gasteiger partial charge on any atom is 0.337 e. The van der Waals surface area contributed by atoms with Crippen LogP contribution in [0.2, 0.25) is 0 Å². The number of amides is 1. The number of anilines is 1. The SMILES string of the molecule is CCc1sc(C(=O)Nc2c(Br)cccc2C(=O)O)cc1C. The van der Waals surface area contributed by atoms with E-state index >= 15 is 0 Å². The van der Waals surface area contributed by atoms with E-state index in [2.05, 4.69) is 21.2 Å². The van der Waals surface area contributed by atoms with Crippen LogP contribution in [0.1, 0.15) is 37.4 Å². The van der Waals surface area contributed by atoms with Crippen LogP contribution in [0.25, 0.3) is 0 Å². The predicted octanol–water partition coefficient (Wildman–Crippen LogP) is 4.33. The summed E-state index contributed by atoms with van der Waals surface area (Å²) in [6.07, 6.45) is 0.874. The minimum Gasteiger partial charge on any atom is -0.478 e. The Kier molecular flexibility index (Phi) is 4.80. The fraction of sp³-hybridized carbons (Fsp3) is 0.200. The summed E-state index contributed by atoms with van der Waals surface area (Å²) in [5.41, 5.74) is 1.42. The van der Waals surface area contributed by atoms with E-state index in [-0.39, 0.29) is 17.2 Å². The number of hydrogen-bond acceptors (Lipinski definition) is 3. The Labute approximate surface area is 134 Å². The first-order chi connectivity index (χ1) is 9.93. The number of rotatable bonds is 4. The summed E-state index contributed by atoms with van der Waals surface area (Å²) < 4.78 is 0.541. The highest BCUT2D eigenvalue weighted by atomic mass is 79.9. The van der Waals surface area contributed by atoms with Crippen molar-refractivity contribution in [1.29, 1.82) is 0 Å². The zero-order chi connectivity index (χ0) is 15.6. The first kappa shape index (κ1) is 15.7. The topological polar surface area (TPSA) is 66.4 Å². The summed E-state index contributed by atoms with van der Waals surface area (Å²) in [5, 5.41) is 11.9. The second kappa shape index (κ2) is 6.41. The van der Waals surface area contributed by atoms with Crippen molar-refractivity contribution < 1.29 is 14.7 Å². The number of thiophene rings is 1. The van der Waals surface area contributed by atoms with Gasteiger partial charge in [-0.2, -0.15) is 0 Å². The molecule has 6 heteroatoms. The van der Waals surface area contributed by atoms with Crippen LogP contribution in [0.4, 0.5) is 5.69 Å². The molecule has 2 N–H and O–H groups in total. The lowest BCUT2D eigenvalue weighted by Gasteiger charge is -2.09. The van der Waals surface area contributed by atoms with Gasteiger partial charge in [0, 0.05) is 9.35 Å². The van der Waals surface area contributed by atoms with E-state index in [0.717, 1.165) is 16.9 Å². The molecule has 1 aromatic carbocycles. The molecule has 0 aliphatic carbocycles. The number of carboxylic acid groups (broad SMARTS) is 1. The first-order valence-corrected chi connectivity index (χ1v) is 7.97. The summed E-state index contributed by atoms with van der Waals surface area (Å²) in [6, 6.07) is 6.60. The number of aromatic carboxylic acids is 1. The number of hydrogen-bond donors (Lipinski definition) is 2. The molecule has 1 amide bonds. The van der Waals surface area contributed by atoms with Gasteiger partial charge in [0.15, 0.2) is 0 Å². The van der Waals surface area contributed by atoms with E-state index in [1.807, 2.05) is 19.9 Å². The average Bonchev–Trinajstić information content (AvgIpc) is 2.82. The van der Waals surface area contributed by atoms with Crippen LogP contribution < -0.4 is 5.32 Å². The third kappa shape index (κ3) is 3.33. The molecule has 21 heavy (non-hydrogen) atoms. The average molecular weight is 368 g/mol. The van der Waals surface area contributed by atoms with Crippen molar-refractivity contribution in [3.63, 3.8) is 0 Å². The highest BCUT2D eigenvalue weighted by molar-refractivity contribution is 9.10. The lowest BCUT2D eigenvalue weighted by molar-refractivity contribution is 0.0698. The quantitative estimate of drug-likeness (QED) is 0.844. The van der Waals surface area contributed by atoms with Crippen LogP contribution >= 0.6 is 27.3 Å². The summed E-state index contributed by atoms with van der Waals surface area (Å²) in [6.45, 7) is 4.00. The lowest BCUT2D eigenvalue weighted by Crippen LogP contribution is -2.14. The molecule has 1 aromatic heterocycles. The standard InChI is InChI=1S/C15H14BrNO3S/c1-3-11-8(2)7-12(21-11)14(18)17-13-9(15(19)20)5-4-6-10(13)16/h4-7H,3H2,1-2H3,(H,17,18)(H,19,20). The Hall–Kier alpha value is -1.66. The van der Waals surface area contributed by atoms with Crippen LogP contribution in [0.5, 0.6) is 0 Å². The molecule has 110 valence electrons. The van der Waals surface area contributed by atoms with Gasteiger partial charge in [-0.05, 0) is 53.0 Å². The number of nitrogens with one attached hydrogen (secondary N) is 1. The van der Waals surface area contributed by atoms with Crippen molar-refractivity contribution in [2.24, 2.45) is 0 Å². The van der Waals surface area contributed by atoms with Crippen LogP contribution in [0.15, 0.2) is 28.7 Å². The molecule has 0 aliphatic rings. The van der Waals surface area contributed by atoms with Gasteiger partial charge in [-0.1, -0.05) is 13.0 Å². The summed E-state index contributed by atoms with van der Waals surface area (Å²) in [7, 11) is 0. The van der Waals surface area contributed by atoms with Crippen LogP contribution in [-0.4, -0.2) is 17.0 Å². The predicted molar refractivity (Wildman–Crippen MR) is 87.5 cm³/mol. The molecule has 2 aromatic rings. The van der Waals surface area contributed by atoms with Crippen LogP contribution in [0, 0.1) is 6.92 Å². The third-order valence-corrected chi connectivity index (χ3v) is 5.09. The zero-order valence-corrected chi connectivity index (χ0v) is 14.0. The van der Waals surface area contributed by atoms with Gasteiger partial charge in [0.1, 0.15) is 0 Å². The van der Waals surface area contributed by atoms with Gasteiger partial charge in [-0.25, -0.2) is 4.79 Å². The number of aryl methyl sites for hydroxylation is 2. The highest BCUT2D eigenvalue weighted by Crippen LogP contribution is 2.29. The lowest BCUT2D eigenvalue weighted by atomic mass is 10.1. The maximum atomic E-state index is 12.3. The smallest absolute Gasteiger partial charge is 0.337 e. The Morgan fingerprint density at radius 2 is 2.10 bits per heavy atom. The van der Waals surface area contributed by atoms with E-state index in [9.17, 15) is 14.7 Å². The zero-order valence-electron chi connectivity index (χ0n) is 11.6. The molecule has 0 spiro atoms. The number of carboxylic acids is 1. The van der Waals surface area contributed by atoms with E-state index in [4.69, 9.17) is 0 Å². The van der Waals surface area contributed by atoms with Crippen molar-refractivity contribution in [2.45, 2.75) is 20.3 Å². The van der Waals surface area contributed by atoms with E-state index < -0.39 is 5.97 Å². The molecule has 2 rings (SSSR count). The molecular weight excluding hydrogens is 354 g/mol. The van der Waals surface area contributed by atoms with Crippen molar-refractivity contribution >= 4 is 44.8 Å². The van der Waals surface area contributed by atoms with Gasteiger partial charge in [0.25, 0.3) is 5.91 Å². The van der Waals surface area contributed by atoms with Gasteiger partial charge in [-0.3, -0.25) is 4.79 Å². The summed E-state index contributed by atoms with van der Waals surface area (Å²) >= 11 is 4.71. The third-order valence-electron chi connectivity index (χ3n) is 3.05. The van der Waals surface area contributed by atoms with E-state index in [1.54, 1.807) is 12.1 Å². The number of benzene rings is 1. The van der Waals surface area contributed by atoms with Crippen molar-refractivity contribution in [2.75, 3.05) is 5.32 Å². The fourth-order valence-electron chi connectivity index (χ4n) is 1.99. The molecule has 4 nitrogen and oxygen atoms in total. The summed E-state index contributed by atoms with van der Waals surface area (Å²) in [4.78, 5) is 25.3. The van der Waals surface area contributed by atoms with Crippen molar-refractivity contribution in [1.82, 2.24) is 0 Å². The Morgan fingerprint density at radius 1 is 1.38 bits per heavy atom. The second-order valence-electron chi connectivity index (χ2n) is 4.49. The highest BCUT2D eigenvalue weighted by Gasteiger charge is 2.18. The number of para-hydroxylation sites is 1. The molecular formula is C15H14BrNO3S. The Morgan fingerprint density at radius 3 is 2.67 bits per heavy atom. The van der Waals surface area contributed by atoms with Crippen molar-refractivity contribution in [3.05, 3.63) is 49.6 Å². The molecule has 0 fully saturated rings. The Balaban J connectivity index is 2.33. The second-order valence-corrected chi connectivity index (χ2v) is 6.48. The molecule has 0 bridgehead atoms. The largest absolute Gasteiger partial charge is 0.478 e. The fourth-order valence-corrected chi connectivity index (χ4v) is 3.46. The minimum absolute atomic E-state index is 0.0571. The molecule has 0 unspecified atom stereocenters. The molecule has 0 saturated heterocycles. The van der Waals surface area contributed by atoms with Gasteiger partial charge < -0.3 is 10.4 Å². The molecule has 0 aliphatic heterocycles. The maximum absolute atomic E-state index is 12.3. The van der Waals surface area contributed by atoms with Gasteiger partial charge >= 0.3 is 5.97 Å². The monoisotopic (exact) mass is 367 g/mol. The van der Waals surface area contributed by atoms with E-state index in [1.165, 1.54) is 17.4 Å². The molecule has 0 radical (unpaired) electrons. The van der Waals surface area contributed by atoms with Crippen molar-refractivity contribution in [3.8, 4) is 0 Å².